The van der Waals surface area contributed by atoms with Gasteiger partial charge >= 0.3 is 0 Å². The lowest BCUT2D eigenvalue weighted by Crippen LogP contribution is -2.34. The van der Waals surface area contributed by atoms with Crippen LogP contribution < -0.4 is 4.31 Å². The standard InChI is InChI=1S/C9H14ClN3O2S/c1-7(2)6-13(16(3,14)15)8-4-5-11-9(10)12-8/h4-5,7H,6H2,1-3H3. The van der Waals surface area contributed by atoms with Gasteiger partial charge in [-0.15, -0.1) is 0 Å². The Balaban J connectivity index is 3.12. The molecule has 0 aliphatic rings. The van der Waals surface area contributed by atoms with Crippen LogP contribution in [0, 0.1) is 5.92 Å². The van der Waals surface area contributed by atoms with E-state index in [1.54, 1.807) is 0 Å². The molecule has 1 heterocycles. The predicted octanol–water partition coefficient (Wildman–Crippen LogP) is 1.55. The van der Waals surface area contributed by atoms with E-state index < -0.39 is 10.0 Å². The molecular formula is C9H14ClN3O2S. The molecule has 0 saturated heterocycles. The Morgan fingerprint density at radius 2 is 2.12 bits per heavy atom. The fourth-order valence-electron chi connectivity index (χ4n) is 1.20. The maximum absolute atomic E-state index is 11.6. The molecule has 0 fully saturated rings. The van der Waals surface area contributed by atoms with Crippen LogP contribution in [0.3, 0.4) is 0 Å². The van der Waals surface area contributed by atoms with Crippen LogP contribution in [0.25, 0.3) is 0 Å². The Morgan fingerprint density at radius 3 is 2.56 bits per heavy atom. The van der Waals surface area contributed by atoms with Crippen LogP contribution in [0.1, 0.15) is 13.8 Å². The zero-order chi connectivity index (χ0) is 12.3. The molecule has 5 nitrogen and oxygen atoms in total. The molecule has 1 rings (SSSR count). The van der Waals surface area contributed by atoms with E-state index in [1.165, 1.54) is 16.6 Å². The summed E-state index contributed by atoms with van der Waals surface area (Å²) in [5.41, 5.74) is 0. The first-order chi connectivity index (χ1) is 7.30. The van der Waals surface area contributed by atoms with Crippen molar-refractivity contribution in [2.24, 2.45) is 5.92 Å². The molecule has 0 N–H and O–H groups in total. The normalized spacial score (nSPS) is 11.8. The Hall–Kier alpha value is -0.880. The number of halogens is 1. The summed E-state index contributed by atoms with van der Waals surface area (Å²) >= 11 is 5.63. The van der Waals surface area contributed by atoms with Crippen LogP contribution in [0.2, 0.25) is 5.28 Å². The third-order valence-corrected chi connectivity index (χ3v) is 3.12. The summed E-state index contributed by atoms with van der Waals surface area (Å²) < 4.78 is 24.4. The van der Waals surface area contributed by atoms with Crippen LogP contribution in [0.15, 0.2) is 12.3 Å². The Morgan fingerprint density at radius 1 is 1.50 bits per heavy atom. The average Bonchev–Trinajstić information content (AvgIpc) is 2.12. The molecule has 0 bridgehead atoms. The van der Waals surface area contributed by atoms with Gasteiger partial charge in [0, 0.05) is 18.8 Å². The first kappa shape index (κ1) is 13.2. The van der Waals surface area contributed by atoms with E-state index in [9.17, 15) is 8.42 Å². The van der Waals surface area contributed by atoms with Crippen LogP contribution in [0.5, 0.6) is 0 Å². The molecule has 1 aromatic heterocycles. The smallest absolute Gasteiger partial charge is 0.233 e. The number of nitrogens with zero attached hydrogens (tertiary/aromatic N) is 3. The maximum Gasteiger partial charge on any atom is 0.233 e. The number of aromatic nitrogens is 2. The van der Waals surface area contributed by atoms with Gasteiger partial charge < -0.3 is 0 Å². The molecule has 7 heteroatoms. The first-order valence-corrected chi connectivity index (χ1v) is 6.99. The van der Waals surface area contributed by atoms with Crippen molar-refractivity contribution < 1.29 is 8.42 Å². The lowest BCUT2D eigenvalue weighted by atomic mass is 10.2. The number of hydrogen-bond donors (Lipinski definition) is 0. The monoisotopic (exact) mass is 263 g/mol. The van der Waals surface area contributed by atoms with E-state index in [2.05, 4.69) is 9.97 Å². The summed E-state index contributed by atoms with van der Waals surface area (Å²) in [6.07, 6.45) is 2.58. The van der Waals surface area contributed by atoms with E-state index in [0.717, 1.165) is 6.26 Å². The molecule has 16 heavy (non-hydrogen) atoms. The number of sulfonamides is 1. The molecule has 0 aliphatic heterocycles. The highest BCUT2D eigenvalue weighted by molar-refractivity contribution is 7.92. The summed E-state index contributed by atoms with van der Waals surface area (Å²) in [4.78, 5) is 7.61. The van der Waals surface area contributed by atoms with Crippen molar-refractivity contribution in [2.45, 2.75) is 13.8 Å². The molecule has 0 spiro atoms. The Kier molecular flexibility index (Phi) is 4.09. The van der Waals surface area contributed by atoms with Crippen molar-refractivity contribution in [2.75, 3.05) is 17.1 Å². The zero-order valence-electron chi connectivity index (χ0n) is 9.38. The molecule has 1 aromatic rings. The van der Waals surface area contributed by atoms with Crippen LogP contribution >= 0.6 is 11.6 Å². The second-order valence-electron chi connectivity index (χ2n) is 3.87. The summed E-state index contributed by atoms with van der Waals surface area (Å²) in [5.74, 6) is 0.500. The molecule has 90 valence electrons. The van der Waals surface area contributed by atoms with Crippen LogP contribution in [-0.4, -0.2) is 31.2 Å². The molecule has 0 radical (unpaired) electrons. The molecule has 0 atom stereocenters. The maximum atomic E-state index is 11.6. The molecule has 0 aliphatic carbocycles. The van der Waals surface area contributed by atoms with Gasteiger partial charge in [0.2, 0.25) is 15.3 Å². The van der Waals surface area contributed by atoms with Gasteiger partial charge in [0.15, 0.2) is 0 Å². The third kappa shape index (κ3) is 3.61. The predicted molar refractivity (Wildman–Crippen MR) is 64.1 cm³/mol. The largest absolute Gasteiger partial charge is 0.254 e. The molecule has 0 aromatic carbocycles. The highest BCUT2D eigenvalue weighted by Gasteiger charge is 2.19. The fourth-order valence-corrected chi connectivity index (χ4v) is 2.35. The third-order valence-electron chi connectivity index (χ3n) is 1.80. The highest BCUT2D eigenvalue weighted by atomic mass is 35.5. The lowest BCUT2D eigenvalue weighted by molar-refractivity contribution is 0.582. The van der Waals surface area contributed by atoms with E-state index in [0.29, 0.717) is 12.4 Å². The summed E-state index contributed by atoms with van der Waals surface area (Å²) in [5, 5.41) is 0.0370. The van der Waals surface area contributed by atoms with Crippen molar-refractivity contribution in [1.82, 2.24) is 9.97 Å². The van der Waals surface area contributed by atoms with E-state index >= 15 is 0 Å². The molecule has 0 unspecified atom stereocenters. The van der Waals surface area contributed by atoms with E-state index in [4.69, 9.17) is 11.6 Å². The van der Waals surface area contributed by atoms with Gasteiger partial charge in [-0.2, -0.15) is 4.98 Å². The number of rotatable bonds is 4. The van der Waals surface area contributed by atoms with Crippen molar-refractivity contribution in [3.05, 3.63) is 17.5 Å². The van der Waals surface area contributed by atoms with Gasteiger partial charge in [0.1, 0.15) is 5.82 Å². The van der Waals surface area contributed by atoms with E-state index in [-0.39, 0.29) is 11.2 Å². The minimum Gasteiger partial charge on any atom is -0.254 e. The van der Waals surface area contributed by atoms with Crippen LogP contribution in [0.4, 0.5) is 5.82 Å². The second kappa shape index (κ2) is 4.97. The van der Waals surface area contributed by atoms with Gasteiger partial charge in [-0.05, 0) is 17.5 Å². The van der Waals surface area contributed by atoms with Gasteiger partial charge in [0.05, 0.1) is 6.26 Å². The van der Waals surface area contributed by atoms with Gasteiger partial charge in [-0.3, -0.25) is 4.31 Å². The minimum absolute atomic E-state index is 0.0370. The van der Waals surface area contributed by atoms with Crippen molar-refractivity contribution in [3.8, 4) is 0 Å². The quantitative estimate of drug-likeness (QED) is 0.774. The van der Waals surface area contributed by atoms with Gasteiger partial charge in [-0.1, -0.05) is 13.8 Å². The van der Waals surface area contributed by atoms with Crippen molar-refractivity contribution in [3.63, 3.8) is 0 Å². The average molecular weight is 264 g/mol. The summed E-state index contributed by atoms with van der Waals surface area (Å²) in [6.45, 7) is 4.23. The Bertz CT molecular complexity index is 462. The molecular weight excluding hydrogens is 250 g/mol. The minimum atomic E-state index is -3.35. The van der Waals surface area contributed by atoms with Gasteiger partial charge in [0.25, 0.3) is 0 Å². The van der Waals surface area contributed by atoms with Crippen LogP contribution in [-0.2, 0) is 10.0 Å². The topological polar surface area (TPSA) is 63.2 Å². The lowest BCUT2D eigenvalue weighted by Gasteiger charge is -2.22. The highest BCUT2D eigenvalue weighted by Crippen LogP contribution is 2.17. The van der Waals surface area contributed by atoms with E-state index in [1.807, 2.05) is 13.8 Å². The molecule has 0 saturated carbocycles. The summed E-state index contributed by atoms with van der Waals surface area (Å²) in [7, 11) is -3.35. The van der Waals surface area contributed by atoms with Crippen molar-refractivity contribution >= 4 is 27.4 Å². The Labute approximate surface area is 101 Å². The van der Waals surface area contributed by atoms with Crippen molar-refractivity contribution in [1.29, 1.82) is 0 Å². The number of anilines is 1. The fraction of sp³-hybridized carbons (Fsp3) is 0.556. The number of hydrogen-bond acceptors (Lipinski definition) is 4. The summed E-state index contributed by atoms with van der Waals surface area (Å²) in [6, 6.07) is 1.52. The zero-order valence-corrected chi connectivity index (χ0v) is 11.0. The molecule has 0 amide bonds. The SMILES string of the molecule is CC(C)CN(c1ccnc(Cl)n1)S(C)(=O)=O. The first-order valence-electron chi connectivity index (χ1n) is 4.77. The van der Waals surface area contributed by atoms with Gasteiger partial charge in [-0.25, -0.2) is 13.4 Å². The second-order valence-corrected chi connectivity index (χ2v) is 6.12.